The van der Waals surface area contributed by atoms with Crippen LogP contribution in [0.5, 0.6) is 0 Å². The normalized spacial score (nSPS) is 11.4. The molecule has 74 heavy (non-hydrogen) atoms. The first-order valence-electron chi connectivity index (χ1n) is 24.6. The highest BCUT2D eigenvalue weighted by atomic mass is 32.1. The van der Waals surface area contributed by atoms with Gasteiger partial charge in [0.05, 0.1) is 0 Å². The van der Waals surface area contributed by atoms with Crippen molar-refractivity contribution in [3.05, 3.63) is 289 Å². The lowest BCUT2D eigenvalue weighted by atomic mass is 9.85. The molecule has 13 rings (SSSR count). The molecule has 0 radical (unpaired) electrons. The second kappa shape index (κ2) is 19.1. The molecule has 0 amide bonds. The SMILES string of the molecule is O=C(c1ccc2sc3ccccc3c2c1)c1cc(-c2ccc(N(c3ccccc3)c3ccccc3)cc2)c(C(=O)c2ccc3sc4ccccc4c3c2)cc1-c1ccc(N(c2ccccc2)c2ccccc2)cc1. The lowest BCUT2D eigenvalue weighted by Gasteiger charge is -2.26. The minimum atomic E-state index is -0.126. The van der Waals surface area contributed by atoms with Gasteiger partial charge in [0.1, 0.15) is 0 Å². The molecule has 4 nitrogen and oxygen atoms in total. The molecule has 2 heterocycles. The molecule has 0 atom stereocenters. The molecule has 2 aromatic heterocycles. The maximum absolute atomic E-state index is 15.6. The number of anilines is 6. The van der Waals surface area contributed by atoms with Crippen LogP contribution in [0.4, 0.5) is 34.1 Å². The van der Waals surface area contributed by atoms with E-state index in [0.717, 1.165) is 76.2 Å². The average molecular weight is 985 g/mol. The Labute approximate surface area is 436 Å². The number of hydrogen-bond donors (Lipinski definition) is 0. The minimum absolute atomic E-state index is 0.126. The summed E-state index contributed by atoms with van der Waals surface area (Å²) in [5, 5.41) is 4.34. The lowest BCUT2D eigenvalue weighted by molar-refractivity contribution is 0.102. The van der Waals surface area contributed by atoms with Crippen molar-refractivity contribution in [1.29, 1.82) is 0 Å². The van der Waals surface area contributed by atoms with Crippen molar-refractivity contribution in [2.24, 2.45) is 0 Å². The highest BCUT2D eigenvalue weighted by Crippen LogP contribution is 2.43. The topological polar surface area (TPSA) is 40.6 Å². The van der Waals surface area contributed by atoms with Gasteiger partial charge in [-0.1, -0.05) is 133 Å². The van der Waals surface area contributed by atoms with Gasteiger partial charge < -0.3 is 9.80 Å². The van der Waals surface area contributed by atoms with Gasteiger partial charge in [0.15, 0.2) is 11.6 Å². The Hall–Kier alpha value is -9.20. The highest BCUT2D eigenvalue weighted by molar-refractivity contribution is 7.26. The van der Waals surface area contributed by atoms with E-state index in [1.807, 2.05) is 121 Å². The molecule has 0 unspecified atom stereocenters. The summed E-state index contributed by atoms with van der Waals surface area (Å²) in [6.45, 7) is 0. The van der Waals surface area contributed by atoms with Crippen LogP contribution in [0.1, 0.15) is 31.8 Å². The molecule has 6 heteroatoms. The Bertz CT molecular complexity index is 3850. The summed E-state index contributed by atoms with van der Waals surface area (Å²) in [5.41, 5.74) is 11.1. The third kappa shape index (κ3) is 8.22. The molecule has 0 aliphatic rings. The van der Waals surface area contributed by atoms with Crippen LogP contribution in [-0.2, 0) is 0 Å². The Morgan fingerprint density at radius 2 is 0.568 bits per heavy atom. The summed E-state index contributed by atoms with van der Waals surface area (Å²) in [6.07, 6.45) is 0. The Morgan fingerprint density at radius 3 is 0.919 bits per heavy atom. The standard InChI is InChI=1S/C68H44N2O2S2/c71-67(47-33-39-65-59(41-47)55-25-13-15-27-63(55)73-65)61-44-58(46-31-37-54(38-32-46)70(51-21-9-3-10-22-51)52-23-11-4-12-24-52)62(68(72)48-34-40-66-60(42-48)56-26-14-16-28-64(56)74-66)43-57(61)45-29-35-53(36-30-45)69(49-17-5-1-6-18-49)50-19-7-2-8-20-50/h1-44H. The summed E-state index contributed by atoms with van der Waals surface area (Å²) < 4.78 is 4.59. The molecule has 0 aliphatic heterocycles. The maximum atomic E-state index is 15.6. The smallest absolute Gasteiger partial charge is 0.193 e. The first kappa shape index (κ1) is 44.7. The second-order valence-corrected chi connectivity index (χ2v) is 20.5. The number of rotatable bonds is 12. The van der Waals surface area contributed by atoms with Crippen LogP contribution in [0.25, 0.3) is 62.6 Å². The number of thiophene rings is 2. The number of carbonyl (C=O) groups is 2. The van der Waals surface area contributed by atoms with Gasteiger partial charge in [-0.15, -0.1) is 22.7 Å². The molecule has 0 bridgehead atoms. The fourth-order valence-corrected chi connectivity index (χ4v) is 12.5. The van der Waals surface area contributed by atoms with E-state index in [2.05, 4.69) is 155 Å². The zero-order valence-electron chi connectivity index (χ0n) is 39.9. The quantitative estimate of drug-likeness (QED) is 0.114. The lowest BCUT2D eigenvalue weighted by Crippen LogP contribution is -2.11. The van der Waals surface area contributed by atoms with Crippen molar-refractivity contribution >= 4 is 109 Å². The van der Waals surface area contributed by atoms with Gasteiger partial charge in [-0.25, -0.2) is 0 Å². The fourth-order valence-electron chi connectivity index (χ4n) is 10.3. The van der Waals surface area contributed by atoms with Crippen LogP contribution < -0.4 is 9.80 Å². The Balaban J connectivity index is 1.01. The predicted octanol–water partition coefficient (Wildman–Crippen LogP) is 19.2. The second-order valence-electron chi connectivity index (χ2n) is 18.3. The van der Waals surface area contributed by atoms with Crippen LogP contribution in [0.2, 0.25) is 0 Å². The van der Waals surface area contributed by atoms with E-state index in [4.69, 9.17) is 0 Å². The van der Waals surface area contributed by atoms with Gasteiger partial charge in [-0.2, -0.15) is 0 Å². The van der Waals surface area contributed by atoms with E-state index in [9.17, 15) is 0 Å². The molecule has 0 saturated heterocycles. The molecule has 0 aliphatic carbocycles. The van der Waals surface area contributed by atoms with E-state index in [0.29, 0.717) is 33.4 Å². The molecule has 0 N–H and O–H groups in total. The van der Waals surface area contributed by atoms with Crippen LogP contribution in [0, 0.1) is 0 Å². The van der Waals surface area contributed by atoms with E-state index in [1.54, 1.807) is 22.7 Å². The number of ketones is 2. The predicted molar refractivity (Wildman–Crippen MR) is 312 cm³/mol. The van der Waals surface area contributed by atoms with E-state index >= 15 is 9.59 Å². The summed E-state index contributed by atoms with van der Waals surface area (Å²) in [4.78, 5) is 35.7. The molecular formula is C68H44N2O2S2. The number of fused-ring (bicyclic) bond motifs is 6. The molecule has 0 saturated carbocycles. The van der Waals surface area contributed by atoms with E-state index in [-0.39, 0.29) is 11.6 Å². The maximum Gasteiger partial charge on any atom is 0.193 e. The minimum Gasteiger partial charge on any atom is -0.311 e. The van der Waals surface area contributed by atoms with Crippen molar-refractivity contribution in [3.63, 3.8) is 0 Å². The summed E-state index contributed by atoms with van der Waals surface area (Å²) >= 11 is 3.45. The van der Waals surface area contributed by atoms with Gasteiger partial charge in [0, 0.05) is 96.7 Å². The van der Waals surface area contributed by atoms with Crippen LogP contribution in [0.3, 0.4) is 0 Å². The molecular weight excluding hydrogens is 941 g/mol. The van der Waals surface area contributed by atoms with Crippen LogP contribution in [0.15, 0.2) is 267 Å². The Morgan fingerprint density at radius 1 is 0.270 bits per heavy atom. The van der Waals surface area contributed by atoms with Crippen molar-refractivity contribution < 1.29 is 9.59 Å². The molecule has 13 aromatic rings. The fraction of sp³-hybridized carbons (Fsp3) is 0. The van der Waals surface area contributed by atoms with Crippen molar-refractivity contribution in [2.75, 3.05) is 9.80 Å². The van der Waals surface area contributed by atoms with E-state index < -0.39 is 0 Å². The average Bonchev–Trinajstić information content (AvgIpc) is 4.04. The highest BCUT2D eigenvalue weighted by Gasteiger charge is 2.25. The van der Waals surface area contributed by atoms with Crippen LogP contribution in [-0.4, -0.2) is 11.6 Å². The van der Waals surface area contributed by atoms with Gasteiger partial charge in [0.25, 0.3) is 0 Å². The number of para-hydroxylation sites is 4. The first-order valence-corrected chi connectivity index (χ1v) is 26.3. The zero-order valence-corrected chi connectivity index (χ0v) is 41.6. The first-order chi connectivity index (χ1) is 36.5. The van der Waals surface area contributed by atoms with E-state index in [1.165, 1.54) is 9.40 Å². The Kier molecular flexibility index (Phi) is 11.5. The summed E-state index contributed by atoms with van der Waals surface area (Å²) in [6, 6.07) is 90.7. The number of benzene rings is 11. The van der Waals surface area contributed by atoms with Gasteiger partial charge in [-0.05, 0) is 156 Å². The van der Waals surface area contributed by atoms with Crippen molar-refractivity contribution in [1.82, 2.24) is 0 Å². The van der Waals surface area contributed by atoms with Crippen molar-refractivity contribution in [2.45, 2.75) is 0 Å². The third-order valence-electron chi connectivity index (χ3n) is 13.9. The molecule has 11 aromatic carbocycles. The van der Waals surface area contributed by atoms with Crippen LogP contribution >= 0.6 is 22.7 Å². The summed E-state index contributed by atoms with van der Waals surface area (Å²) in [7, 11) is 0. The summed E-state index contributed by atoms with van der Waals surface area (Å²) in [5.74, 6) is -0.252. The molecule has 0 fully saturated rings. The largest absolute Gasteiger partial charge is 0.311 e. The van der Waals surface area contributed by atoms with Gasteiger partial charge >= 0.3 is 0 Å². The number of hydrogen-bond acceptors (Lipinski definition) is 6. The zero-order chi connectivity index (χ0) is 49.5. The number of carbonyl (C=O) groups excluding carboxylic acids is 2. The van der Waals surface area contributed by atoms with Gasteiger partial charge in [0.2, 0.25) is 0 Å². The molecule has 350 valence electrons. The monoisotopic (exact) mass is 984 g/mol. The molecule has 0 spiro atoms. The van der Waals surface area contributed by atoms with Crippen molar-refractivity contribution in [3.8, 4) is 22.3 Å². The number of nitrogens with zero attached hydrogens (tertiary/aromatic N) is 2. The third-order valence-corrected chi connectivity index (χ3v) is 16.2. The van der Waals surface area contributed by atoms with Gasteiger partial charge in [-0.3, -0.25) is 9.59 Å².